The Morgan fingerprint density at radius 2 is 2.05 bits per heavy atom. The molecule has 1 aliphatic carbocycles. The third-order valence-corrected chi connectivity index (χ3v) is 4.63. The number of rotatable bonds is 2. The fourth-order valence-electron chi connectivity index (χ4n) is 2.42. The number of benzene rings is 1. The van der Waals surface area contributed by atoms with Gasteiger partial charge in [0.25, 0.3) is 0 Å². The Morgan fingerprint density at radius 1 is 1.37 bits per heavy atom. The summed E-state index contributed by atoms with van der Waals surface area (Å²) in [6.45, 7) is 3.07. The summed E-state index contributed by atoms with van der Waals surface area (Å²) in [4.78, 5) is 24.4. The Hall–Kier alpha value is -1.36. The molecule has 0 heterocycles. The number of halogens is 1. The Balaban J connectivity index is 2.26. The molecule has 1 N–H and O–H groups in total. The summed E-state index contributed by atoms with van der Waals surface area (Å²) < 4.78 is 0. The lowest BCUT2D eigenvalue weighted by molar-refractivity contribution is -0.129. The number of anilines is 1. The van der Waals surface area contributed by atoms with Gasteiger partial charge in [0.1, 0.15) is 0 Å². The number of fused-ring (bicyclic) bond motifs is 1. The number of carbonyl (C=O) groups excluding carboxylic acids is 2. The lowest BCUT2D eigenvalue weighted by Gasteiger charge is -2.26. The van der Waals surface area contributed by atoms with Crippen molar-refractivity contribution in [1.29, 1.82) is 0 Å². The molecule has 0 saturated carbocycles. The van der Waals surface area contributed by atoms with Crippen LogP contribution >= 0.6 is 15.9 Å². The highest BCUT2D eigenvalue weighted by Crippen LogP contribution is 2.41. The van der Waals surface area contributed by atoms with Gasteiger partial charge in [0.15, 0.2) is 0 Å². The first-order valence-corrected chi connectivity index (χ1v) is 7.09. The molecule has 0 spiro atoms. The minimum absolute atomic E-state index is 0.0596. The summed E-state index contributed by atoms with van der Waals surface area (Å²) in [7, 11) is 1.82. The first-order valence-electron chi connectivity index (χ1n) is 6.18. The minimum atomic E-state index is -0.0820. The maximum Gasteiger partial charge on any atom is 0.221 e. The summed E-state index contributed by atoms with van der Waals surface area (Å²) in [5.74, 6) is -0.0224. The van der Waals surface area contributed by atoms with Crippen LogP contribution in [0.1, 0.15) is 29.8 Å². The highest BCUT2D eigenvalue weighted by molar-refractivity contribution is 9.09. The van der Waals surface area contributed by atoms with E-state index in [0.717, 1.165) is 17.7 Å². The van der Waals surface area contributed by atoms with Crippen molar-refractivity contribution >= 4 is 33.4 Å². The molecule has 0 radical (unpaired) electrons. The van der Waals surface area contributed by atoms with Crippen LogP contribution in [0, 0.1) is 0 Å². The van der Waals surface area contributed by atoms with Crippen molar-refractivity contribution in [2.45, 2.75) is 31.1 Å². The van der Waals surface area contributed by atoms with Crippen molar-refractivity contribution in [1.82, 2.24) is 4.90 Å². The maximum absolute atomic E-state index is 11.5. The first kappa shape index (κ1) is 14.1. The second-order valence-corrected chi connectivity index (χ2v) is 5.88. The van der Waals surface area contributed by atoms with E-state index in [-0.39, 0.29) is 22.7 Å². The van der Waals surface area contributed by atoms with Gasteiger partial charge in [-0.3, -0.25) is 9.59 Å². The third-order valence-electron chi connectivity index (χ3n) is 3.52. The van der Waals surface area contributed by atoms with Crippen LogP contribution in [0.5, 0.6) is 0 Å². The van der Waals surface area contributed by atoms with E-state index in [1.54, 1.807) is 11.8 Å². The van der Waals surface area contributed by atoms with Crippen LogP contribution in [-0.2, 0) is 16.0 Å². The molecular formula is C14H17BrN2O2. The smallest absolute Gasteiger partial charge is 0.221 e. The second-order valence-electron chi connectivity index (χ2n) is 4.90. The largest absolute Gasteiger partial charge is 0.341 e. The lowest BCUT2D eigenvalue weighted by atomic mass is 10.1. The number of alkyl halides is 1. The molecule has 1 aliphatic rings. The van der Waals surface area contributed by atoms with Crippen molar-refractivity contribution in [3.8, 4) is 0 Å². The molecule has 1 aromatic rings. The van der Waals surface area contributed by atoms with Crippen LogP contribution in [0.15, 0.2) is 18.2 Å². The summed E-state index contributed by atoms with van der Waals surface area (Å²) >= 11 is 3.67. The lowest BCUT2D eigenvalue weighted by Crippen LogP contribution is -2.36. The molecule has 0 saturated heterocycles. The predicted molar refractivity (Wildman–Crippen MR) is 78.3 cm³/mol. The van der Waals surface area contributed by atoms with Crippen LogP contribution < -0.4 is 5.32 Å². The molecule has 4 nitrogen and oxygen atoms in total. The van der Waals surface area contributed by atoms with Gasteiger partial charge in [-0.25, -0.2) is 0 Å². The van der Waals surface area contributed by atoms with E-state index in [9.17, 15) is 9.59 Å². The number of nitrogens with one attached hydrogen (secondary N) is 1. The number of carbonyl (C=O) groups is 2. The topological polar surface area (TPSA) is 49.4 Å². The third kappa shape index (κ3) is 2.81. The maximum atomic E-state index is 11.5. The summed E-state index contributed by atoms with van der Waals surface area (Å²) in [5.41, 5.74) is 3.15. The van der Waals surface area contributed by atoms with Gasteiger partial charge >= 0.3 is 0 Å². The Bertz CT molecular complexity index is 530. The number of hydrogen-bond donors (Lipinski definition) is 1. The van der Waals surface area contributed by atoms with Gasteiger partial charge in [-0.05, 0) is 29.7 Å². The van der Waals surface area contributed by atoms with E-state index in [1.807, 2.05) is 25.2 Å². The Kier molecular flexibility index (Phi) is 3.94. The first-order chi connectivity index (χ1) is 8.90. The SMILES string of the molecule is CC(=O)Nc1ccc2c(c1)[C@H](Br)C(N(C)C(C)=O)C2. The molecule has 1 unspecified atom stereocenters. The van der Waals surface area contributed by atoms with Crippen molar-refractivity contribution in [2.75, 3.05) is 12.4 Å². The molecule has 0 aromatic heterocycles. The molecule has 2 amide bonds. The standard InChI is InChI=1S/C14H17BrN2O2/c1-8(18)16-11-5-4-10-6-13(17(3)9(2)19)14(15)12(10)7-11/h4-5,7,13-14H,6H2,1-3H3,(H,16,18)/t13?,14-/m0/s1. The van der Waals surface area contributed by atoms with Gasteiger partial charge < -0.3 is 10.2 Å². The Labute approximate surface area is 121 Å². The van der Waals surface area contributed by atoms with Gasteiger partial charge in [-0.1, -0.05) is 22.0 Å². The second kappa shape index (κ2) is 5.33. The van der Waals surface area contributed by atoms with Crippen LogP contribution in [0.25, 0.3) is 0 Å². The van der Waals surface area contributed by atoms with Crippen molar-refractivity contribution < 1.29 is 9.59 Å². The van der Waals surface area contributed by atoms with E-state index >= 15 is 0 Å². The van der Waals surface area contributed by atoms with Crippen LogP contribution in [0.2, 0.25) is 0 Å². The van der Waals surface area contributed by atoms with Gasteiger partial charge in [0.05, 0.1) is 10.9 Å². The zero-order chi connectivity index (χ0) is 14.2. The van der Waals surface area contributed by atoms with Crippen LogP contribution in [0.3, 0.4) is 0 Å². The molecule has 19 heavy (non-hydrogen) atoms. The highest BCUT2D eigenvalue weighted by atomic mass is 79.9. The number of hydrogen-bond acceptors (Lipinski definition) is 2. The molecular weight excluding hydrogens is 308 g/mol. The summed E-state index contributed by atoms with van der Waals surface area (Å²) in [5, 5.41) is 2.78. The quantitative estimate of drug-likeness (QED) is 0.850. The van der Waals surface area contributed by atoms with E-state index in [1.165, 1.54) is 12.5 Å². The molecule has 5 heteroatoms. The van der Waals surface area contributed by atoms with E-state index in [2.05, 4.69) is 21.2 Å². The molecule has 0 fully saturated rings. The molecule has 2 atom stereocenters. The molecule has 0 aliphatic heterocycles. The summed E-state index contributed by atoms with van der Waals surface area (Å²) in [6, 6.07) is 6.02. The fraction of sp³-hybridized carbons (Fsp3) is 0.429. The highest BCUT2D eigenvalue weighted by Gasteiger charge is 2.34. The Morgan fingerprint density at radius 3 is 2.63 bits per heavy atom. The van der Waals surface area contributed by atoms with Crippen molar-refractivity contribution in [3.05, 3.63) is 29.3 Å². The van der Waals surface area contributed by atoms with Gasteiger partial charge in [0.2, 0.25) is 11.8 Å². The minimum Gasteiger partial charge on any atom is -0.341 e. The fourth-order valence-corrected chi connectivity index (χ4v) is 3.39. The van der Waals surface area contributed by atoms with E-state index in [0.29, 0.717) is 0 Å². The van der Waals surface area contributed by atoms with Gasteiger partial charge in [-0.2, -0.15) is 0 Å². The van der Waals surface area contributed by atoms with Gasteiger partial charge in [-0.15, -0.1) is 0 Å². The average molecular weight is 325 g/mol. The van der Waals surface area contributed by atoms with Crippen molar-refractivity contribution in [3.63, 3.8) is 0 Å². The average Bonchev–Trinajstić information content (AvgIpc) is 2.65. The molecule has 1 aromatic carbocycles. The molecule has 102 valence electrons. The zero-order valence-corrected chi connectivity index (χ0v) is 12.8. The van der Waals surface area contributed by atoms with E-state index in [4.69, 9.17) is 0 Å². The number of amides is 2. The normalized spacial score (nSPS) is 20.8. The van der Waals surface area contributed by atoms with Gasteiger partial charge in [0, 0.05) is 26.6 Å². The summed E-state index contributed by atoms with van der Waals surface area (Å²) in [6.07, 6.45) is 0.835. The van der Waals surface area contributed by atoms with E-state index < -0.39 is 0 Å². The number of nitrogens with zero attached hydrogens (tertiary/aromatic N) is 1. The monoisotopic (exact) mass is 324 g/mol. The van der Waals surface area contributed by atoms with Crippen LogP contribution in [0.4, 0.5) is 5.69 Å². The number of likely N-dealkylation sites (N-methyl/N-ethyl adjacent to an activating group) is 1. The molecule has 2 rings (SSSR count). The van der Waals surface area contributed by atoms with Crippen LogP contribution in [-0.4, -0.2) is 29.8 Å². The van der Waals surface area contributed by atoms with Crippen molar-refractivity contribution in [2.24, 2.45) is 0 Å². The predicted octanol–water partition coefficient (Wildman–Crippen LogP) is 2.48. The molecule has 0 bridgehead atoms. The zero-order valence-electron chi connectivity index (χ0n) is 11.2.